The van der Waals surface area contributed by atoms with Gasteiger partial charge in [-0.2, -0.15) is 0 Å². The van der Waals surface area contributed by atoms with Crippen molar-refractivity contribution in [2.24, 2.45) is 4.99 Å². The fourth-order valence-electron chi connectivity index (χ4n) is 0.195. The Morgan fingerprint density at radius 3 is 3.00 bits per heavy atom. The van der Waals surface area contributed by atoms with E-state index >= 15 is 0 Å². The van der Waals surface area contributed by atoms with E-state index in [2.05, 4.69) is 4.99 Å². The fourth-order valence-corrected chi connectivity index (χ4v) is 0.195. The third kappa shape index (κ3) is 5.12. The Hall–Kier alpha value is -0.880. The van der Waals surface area contributed by atoms with E-state index in [4.69, 9.17) is 0 Å². The van der Waals surface area contributed by atoms with Gasteiger partial charge in [-0.05, 0) is 6.92 Å². The van der Waals surface area contributed by atoms with Crippen molar-refractivity contribution in [3.63, 3.8) is 0 Å². The molecule has 0 aromatic rings. The highest BCUT2D eigenvalue weighted by molar-refractivity contribution is 5.33. The van der Waals surface area contributed by atoms with Crippen LogP contribution in [0.15, 0.2) is 17.1 Å². The van der Waals surface area contributed by atoms with E-state index in [-0.39, 0.29) is 0 Å². The third-order valence-corrected chi connectivity index (χ3v) is 0.497. The van der Waals surface area contributed by atoms with Crippen molar-refractivity contribution in [1.29, 1.82) is 0 Å². The first-order valence-corrected chi connectivity index (χ1v) is 2.06. The third-order valence-electron chi connectivity index (χ3n) is 0.497. The Kier molecular flexibility index (Phi) is 4.48. The quantitative estimate of drug-likeness (QED) is 0.286. The number of nitrogens with zero attached hydrogens (tertiary/aromatic N) is 1. The summed E-state index contributed by atoms with van der Waals surface area (Å²) in [5, 5.41) is 0. The van der Waals surface area contributed by atoms with E-state index in [1.54, 1.807) is 6.08 Å². The van der Waals surface area contributed by atoms with Gasteiger partial charge in [-0.3, -0.25) is 0 Å². The Morgan fingerprint density at radius 2 is 2.57 bits per heavy atom. The monoisotopic (exact) mass is 97.1 g/mol. The lowest BCUT2D eigenvalue weighted by Gasteiger charge is -1.68. The molecule has 0 fully saturated rings. The molecule has 0 aromatic heterocycles. The van der Waals surface area contributed by atoms with E-state index in [9.17, 15) is 4.79 Å². The second-order valence-electron chi connectivity index (χ2n) is 1.00. The minimum atomic E-state index is 0.458. The van der Waals surface area contributed by atoms with Gasteiger partial charge in [-0.25, -0.2) is 9.79 Å². The average molecular weight is 97.1 g/mol. The van der Waals surface area contributed by atoms with Crippen molar-refractivity contribution in [3.8, 4) is 0 Å². The van der Waals surface area contributed by atoms with Crippen molar-refractivity contribution >= 4 is 6.08 Å². The van der Waals surface area contributed by atoms with Crippen LogP contribution in [0.1, 0.15) is 6.92 Å². The maximum atomic E-state index is 9.35. The summed E-state index contributed by atoms with van der Waals surface area (Å²) in [4.78, 5) is 12.6. The van der Waals surface area contributed by atoms with Gasteiger partial charge in [0, 0.05) is 0 Å². The second kappa shape index (κ2) is 5.12. The van der Waals surface area contributed by atoms with Crippen LogP contribution in [0.3, 0.4) is 0 Å². The summed E-state index contributed by atoms with van der Waals surface area (Å²) >= 11 is 0. The summed E-state index contributed by atoms with van der Waals surface area (Å²) in [7, 11) is 0. The molecule has 0 amide bonds. The maximum absolute atomic E-state index is 9.35. The molecule has 0 unspecified atom stereocenters. The molecule has 7 heavy (non-hydrogen) atoms. The van der Waals surface area contributed by atoms with Crippen LogP contribution in [-0.2, 0) is 4.79 Å². The Labute approximate surface area is 42.6 Å². The van der Waals surface area contributed by atoms with E-state index < -0.39 is 0 Å². The van der Waals surface area contributed by atoms with Crippen molar-refractivity contribution < 1.29 is 4.79 Å². The summed E-state index contributed by atoms with van der Waals surface area (Å²) in [5.74, 6) is 0. The lowest BCUT2D eigenvalue weighted by Crippen LogP contribution is -1.65. The van der Waals surface area contributed by atoms with Crippen molar-refractivity contribution in [1.82, 2.24) is 0 Å². The lowest BCUT2D eigenvalue weighted by atomic mass is 10.5. The van der Waals surface area contributed by atoms with Gasteiger partial charge in [0.1, 0.15) is 0 Å². The molecule has 2 heteroatoms. The molecular weight excluding hydrogens is 90.1 g/mol. The number of allylic oxidation sites excluding steroid dienone is 1. The topological polar surface area (TPSA) is 29.4 Å². The number of rotatable bonds is 2. The van der Waals surface area contributed by atoms with Gasteiger partial charge in [0.2, 0.25) is 6.08 Å². The molecule has 0 spiro atoms. The molecule has 0 aromatic carbocycles. The maximum Gasteiger partial charge on any atom is 0.235 e. The van der Waals surface area contributed by atoms with Crippen molar-refractivity contribution in [2.75, 3.05) is 6.54 Å². The summed E-state index contributed by atoms with van der Waals surface area (Å²) in [6.07, 6.45) is 5.04. The van der Waals surface area contributed by atoms with Gasteiger partial charge in [-0.1, -0.05) is 12.2 Å². The molecule has 2 nitrogen and oxygen atoms in total. The van der Waals surface area contributed by atoms with Gasteiger partial charge in [-0.15, -0.1) is 0 Å². The van der Waals surface area contributed by atoms with Gasteiger partial charge < -0.3 is 0 Å². The van der Waals surface area contributed by atoms with Crippen LogP contribution in [0.2, 0.25) is 0 Å². The Balaban J connectivity index is 3.15. The molecule has 0 aliphatic carbocycles. The molecule has 0 saturated carbocycles. The molecule has 0 aliphatic heterocycles. The fraction of sp³-hybridized carbons (Fsp3) is 0.400. The molecule has 0 bridgehead atoms. The van der Waals surface area contributed by atoms with Crippen LogP contribution in [0.4, 0.5) is 0 Å². The number of hydrogen-bond donors (Lipinski definition) is 0. The zero-order valence-electron chi connectivity index (χ0n) is 4.22. The second-order valence-corrected chi connectivity index (χ2v) is 1.00. The summed E-state index contributed by atoms with van der Waals surface area (Å²) in [6, 6.07) is 0. The van der Waals surface area contributed by atoms with Crippen LogP contribution >= 0.6 is 0 Å². The van der Waals surface area contributed by atoms with Gasteiger partial charge >= 0.3 is 0 Å². The molecule has 0 heterocycles. The highest BCUT2D eigenvalue weighted by Crippen LogP contribution is 1.68. The molecular formula is C5H7NO. The molecule has 0 saturated heterocycles. The van der Waals surface area contributed by atoms with E-state index in [1.165, 1.54) is 6.08 Å². The standard InChI is InChI=1S/C5H7NO/c1-2-3-4-6-5-7/h2-3H,4H2,1H3. The molecule has 0 atom stereocenters. The number of hydrogen-bond acceptors (Lipinski definition) is 2. The SMILES string of the molecule is CC=CCN=C=O. The largest absolute Gasteiger partial charge is 0.235 e. The molecule has 0 radical (unpaired) electrons. The van der Waals surface area contributed by atoms with Crippen LogP contribution in [-0.4, -0.2) is 12.6 Å². The molecule has 0 N–H and O–H groups in total. The summed E-state index contributed by atoms with van der Waals surface area (Å²) < 4.78 is 0. The van der Waals surface area contributed by atoms with E-state index in [0.29, 0.717) is 6.54 Å². The highest BCUT2D eigenvalue weighted by atomic mass is 16.1. The first-order chi connectivity index (χ1) is 3.41. The minimum absolute atomic E-state index is 0.458. The predicted octanol–water partition coefficient (Wildman–Crippen LogP) is 0.898. The lowest BCUT2D eigenvalue weighted by molar-refractivity contribution is 0.564. The summed E-state index contributed by atoms with van der Waals surface area (Å²) in [5.41, 5.74) is 0. The van der Waals surface area contributed by atoms with Gasteiger partial charge in [0.15, 0.2) is 0 Å². The normalized spacial score (nSPS) is 8.71. The first-order valence-electron chi connectivity index (χ1n) is 2.06. The number of carbonyl (C=O) groups excluding carboxylic acids is 1. The molecule has 0 aliphatic rings. The predicted molar refractivity (Wildman–Crippen MR) is 27.8 cm³/mol. The van der Waals surface area contributed by atoms with Gasteiger partial charge in [0.25, 0.3) is 0 Å². The van der Waals surface area contributed by atoms with Crippen LogP contribution in [0, 0.1) is 0 Å². The molecule has 38 valence electrons. The first kappa shape index (κ1) is 6.12. The van der Waals surface area contributed by atoms with Crippen molar-refractivity contribution in [2.45, 2.75) is 6.92 Å². The smallest absolute Gasteiger partial charge is 0.211 e. The Morgan fingerprint density at radius 1 is 1.86 bits per heavy atom. The Bertz CT molecular complexity index is 101. The summed E-state index contributed by atoms with van der Waals surface area (Å²) in [6.45, 7) is 2.33. The van der Waals surface area contributed by atoms with Gasteiger partial charge in [0.05, 0.1) is 6.54 Å². The van der Waals surface area contributed by atoms with E-state index in [0.717, 1.165) is 0 Å². The van der Waals surface area contributed by atoms with Crippen LogP contribution in [0.5, 0.6) is 0 Å². The zero-order valence-corrected chi connectivity index (χ0v) is 4.22. The highest BCUT2D eigenvalue weighted by Gasteiger charge is 1.62. The van der Waals surface area contributed by atoms with Crippen LogP contribution < -0.4 is 0 Å². The van der Waals surface area contributed by atoms with Crippen LogP contribution in [0.25, 0.3) is 0 Å². The minimum Gasteiger partial charge on any atom is -0.211 e. The molecule has 0 rings (SSSR count). The zero-order chi connectivity index (χ0) is 5.54. The van der Waals surface area contributed by atoms with Crippen molar-refractivity contribution in [3.05, 3.63) is 12.2 Å². The number of isocyanates is 1. The van der Waals surface area contributed by atoms with E-state index in [1.807, 2.05) is 13.0 Å². The average Bonchev–Trinajstić information content (AvgIpc) is 1.69. The number of aliphatic imine (C=N–C) groups is 1.